The minimum absolute atomic E-state index is 0.230. The number of benzene rings is 3. The Morgan fingerprint density at radius 1 is 0.806 bits per heavy atom. The van der Waals surface area contributed by atoms with Crippen LogP contribution in [0, 0.1) is 0 Å². The van der Waals surface area contributed by atoms with Crippen molar-refractivity contribution in [2.45, 2.75) is 6.61 Å². The maximum atomic E-state index is 12.5. The van der Waals surface area contributed by atoms with Crippen LogP contribution in [0.3, 0.4) is 0 Å². The fourth-order valence-electron chi connectivity index (χ4n) is 2.71. The summed E-state index contributed by atoms with van der Waals surface area (Å²) in [4.78, 5) is 36.0. The van der Waals surface area contributed by atoms with Crippen LogP contribution >= 0.6 is 0 Å². The molecule has 3 rings (SSSR count). The second-order valence-electron chi connectivity index (χ2n) is 6.46. The smallest absolute Gasteiger partial charge is 0.342 e. The lowest BCUT2D eigenvalue weighted by molar-refractivity contribution is -0.119. The average molecular weight is 419 g/mol. The van der Waals surface area contributed by atoms with Crippen LogP contribution in [0.1, 0.15) is 26.3 Å². The molecule has 1 N–H and O–H groups in total. The van der Waals surface area contributed by atoms with Gasteiger partial charge in [0.05, 0.1) is 12.7 Å². The highest BCUT2D eigenvalue weighted by molar-refractivity contribution is 5.97. The number of carbonyl (C=O) groups is 3. The number of methoxy groups -OCH3 is 1. The van der Waals surface area contributed by atoms with Gasteiger partial charge in [0.1, 0.15) is 17.9 Å². The molecular formula is C24H21NO6. The zero-order valence-electron chi connectivity index (χ0n) is 16.9. The normalized spacial score (nSPS) is 10.1. The molecule has 0 fully saturated rings. The van der Waals surface area contributed by atoms with Crippen LogP contribution < -0.4 is 10.1 Å². The van der Waals surface area contributed by atoms with E-state index in [1.807, 2.05) is 30.3 Å². The first-order chi connectivity index (χ1) is 15.1. The third-order valence-corrected chi connectivity index (χ3v) is 4.27. The summed E-state index contributed by atoms with van der Waals surface area (Å²) in [5.74, 6) is -1.28. The van der Waals surface area contributed by atoms with Gasteiger partial charge in [-0.2, -0.15) is 0 Å². The molecule has 0 heterocycles. The van der Waals surface area contributed by atoms with Crippen LogP contribution in [0.15, 0.2) is 78.9 Å². The van der Waals surface area contributed by atoms with Crippen LogP contribution in [0.25, 0.3) is 0 Å². The van der Waals surface area contributed by atoms with Gasteiger partial charge in [0.25, 0.3) is 5.91 Å². The van der Waals surface area contributed by atoms with Gasteiger partial charge in [-0.15, -0.1) is 0 Å². The fourth-order valence-corrected chi connectivity index (χ4v) is 2.71. The van der Waals surface area contributed by atoms with E-state index >= 15 is 0 Å². The van der Waals surface area contributed by atoms with Gasteiger partial charge in [-0.1, -0.05) is 42.5 Å². The number of hydrogen-bond acceptors (Lipinski definition) is 6. The van der Waals surface area contributed by atoms with Gasteiger partial charge < -0.3 is 19.5 Å². The molecule has 1 amide bonds. The zero-order valence-corrected chi connectivity index (χ0v) is 16.9. The van der Waals surface area contributed by atoms with Gasteiger partial charge in [0.15, 0.2) is 6.61 Å². The van der Waals surface area contributed by atoms with Crippen LogP contribution in [0.5, 0.6) is 5.75 Å². The molecule has 31 heavy (non-hydrogen) atoms. The van der Waals surface area contributed by atoms with Crippen LogP contribution in [-0.4, -0.2) is 31.6 Å². The Kier molecular flexibility index (Phi) is 7.37. The third kappa shape index (κ3) is 6.17. The van der Waals surface area contributed by atoms with Crippen molar-refractivity contribution < 1.29 is 28.6 Å². The number of ether oxygens (including phenoxy) is 3. The minimum Gasteiger partial charge on any atom is -0.488 e. The van der Waals surface area contributed by atoms with E-state index in [4.69, 9.17) is 9.47 Å². The average Bonchev–Trinajstić information content (AvgIpc) is 2.82. The van der Waals surface area contributed by atoms with Crippen molar-refractivity contribution in [1.82, 2.24) is 0 Å². The Labute approximate surface area is 179 Å². The van der Waals surface area contributed by atoms with E-state index in [1.54, 1.807) is 36.4 Å². The van der Waals surface area contributed by atoms with Crippen molar-refractivity contribution in [3.8, 4) is 5.75 Å². The fraction of sp³-hybridized carbons (Fsp3) is 0.125. The molecule has 0 saturated heterocycles. The molecule has 0 aromatic heterocycles. The number of hydrogen-bond donors (Lipinski definition) is 1. The molecule has 0 radical (unpaired) electrons. The van der Waals surface area contributed by atoms with Crippen LogP contribution in [0.2, 0.25) is 0 Å². The van der Waals surface area contributed by atoms with E-state index in [1.165, 1.54) is 19.2 Å². The van der Waals surface area contributed by atoms with E-state index in [9.17, 15) is 14.4 Å². The summed E-state index contributed by atoms with van der Waals surface area (Å²) < 4.78 is 15.5. The molecular weight excluding hydrogens is 398 g/mol. The van der Waals surface area contributed by atoms with E-state index in [-0.39, 0.29) is 5.56 Å². The number of amides is 1. The maximum Gasteiger partial charge on any atom is 0.342 e. The molecule has 0 atom stereocenters. The number of rotatable bonds is 8. The van der Waals surface area contributed by atoms with Crippen LogP contribution in [-0.2, 0) is 20.9 Å². The van der Waals surface area contributed by atoms with Gasteiger partial charge in [-0.25, -0.2) is 9.59 Å². The van der Waals surface area contributed by atoms with Crippen LogP contribution in [0.4, 0.5) is 5.69 Å². The zero-order chi connectivity index (χ0) is 22.1. The molecule has 3 aromatic carbocycles. The molecule has 0 aliphatic heterocycles. The quantitative estimate of drug-likeness (QED) is 0.558. The van der Waals surface area contributed by atoms with Crippen molar-refractivity contribution in [2.24, 2.45) is 0 Å². The lowest BCUT2D eigenvalue weighted by Gasteiger charge is -2.11. The number of esters is 2. The maximum absolute atomic E-state index is 12.5. The monoisotopic (exact) mass is 419 g/mol. The SMILES string of the molecule is COC(=O)c1ccc(NC(=O)COC(=O)c2ccccc2OCc2ccccc2)cc1. The molecule has 0 unspecified atom stereocenters. The van der Waals surface area contributed by atoms with Gasteiger partial charge in [-0.05, 0) is 42.0 Å². The Hall–Kier alpha value is -4.13. The molecule has 0 aliphatic rings. The van der Waals surface area contributed by atoms with Crippen molar-refractivity contribution in [3.63, 3.8) is 0 Å². The Morgan fingerprint density at radius 3 is 2.19 bits per heavy atom. The molecule has 7 nitrogen and oxygen atoms in total. The highest BCUT2D eigenvalue weighted by Gasteiger charge is 2.16. The van der Waals surface area contributed by atoms with E-state index in [2.05, 4.69) is 10.1 Å². The molecule has 0 bridgehead atoms. The summed E-state index contributed by atoms with van der Waals surface area (Å²) in [7, 11) is 1.29. The Bertz CT molecular complexity index is 1050. The lowest BCUT2D eigenvalue weighted by atomic mass is 10.2. The van der Waals surface area contributed by atoms with Gasteiger partial charge in [0.2, 0.25) is 0 Å². The van der Waals surface area contributed by atoms with Crippen molar-refractivity contribution in [3.05, 3.63) is 95.6 Å². The first-order valence-corrected chi connectivity index (χ1v) is 9.48. The first kappa shape index (κ1) is 21.6. The summed E-state index contributed by atoms with van der Waals surface area (Å²) in [5, 5.41) is 2.59. The second kappa shape index (κ2) is 10.6. The third-order valence-electron chi connectivity index (χ3n) is 4.27. The molecule has 7 heteroatoms. The largest absolute Gasteiger partial charge is 0.488 e. The molecule has 0 saturated carbocycles. The summed E-state index contributed by atoms with van der Waals surface area (Å²) >= 11 is 0. The Balaban J connectivity index is 1.54. The minimum atomic E-state index is -0.667. The van der Waals surface area contributed by atoms with Gasteiger partial charge in [-0.3, -0.25) is 4.79 Å². The Morgan fingerprint density at radius 2 is 1.48 bits per heavy atom. The molecule has 3 aromatic rings. The van der Waals surface area contributed by atoms with Crippen molar-refractivity contribution in [1.29, 1.82) is 0 Å². The summed E-state index contributed by atoms with van der Waals surface area (Å²) in [5.41, 5.74) is 2.01. The van der Waals surface area contributed by atoms with Gasteiger partial charge in [0, 0.05) is 5.69 Å². The standard InChI is InChI=1S/C24H21NO6/c1-29-23(27)18-11-13-19(14-12-18)25-22(26)16-31-24(28)20-9-5-6-10-21(20)30-15-17-7-3-2-4-8-17/h2-14H,15-16H2,1H3,(H,25,26). The first-order valence-electron chi connectivity index (χ1n) is 9.48. The van der Waals surface area contributed by atoms with E-state index < -0.39 is 24.5 Å². The predicted octanol–water partition coefficient (Wildman–Crippen LogP) is 3.85. The highest BCUT2D eigenvalue weighted by Crippen LogP contribution is 2.20. The lowest BCUT2D eigenvalue weighted by Crippen LogP contribution is -2.21. The summed E-state index contributed by atoms with van der Waals surface area (Å²) in [6.45, 7) is -0.169. The highest BCUT2D eigenvalue weighted by atomic mass is 16.5. The topological polar surface area (TPSA) is 90.9 Å². The predicted molar refractivity (Wildman–Crippen MR) is 114 cm³/mol. The number of para-hydroxylation sites is 1. The van der Waals surface area contributed by atoms with Crippen molar-refractivity contribution in [2.75, 3.05) is 19.0 Å². The van der Waals surface area contributed by atoms with E-state index in [0.717, 1.165) is 5.56 Å². The molecule has 0 aliphatic carbocycles. The molecule has 0 spiro atoms. The number of nitrogens with one attached hydrogen (secondary N) is 1. The van der Waals surface area contributed by atoms with E-state index in [0.29, 0.717) is 23.6 Å². The number of anilines is 1. The summed E-state index contributed by atoms with van der Waals surface area (Å²) in [6.07, 6.45) is 0. The van der Waals surface area contributed by atoms with Crippen molar-refractivity contribution >= 4 is 23.5 Å². The second-order valence-corrected chi connectivity index (χ2v) is 6.46. The summed E-state index contributed by atoms with van der Waals surface area (Å²) in [6, 6.07) is 22.4. The molecule has 158 valence electrons. The van der Waals surface area contributed by atoms with Gasteiger partial charge >= 0.3 is 11.9 Å². The number of carbonyl (C=O) groups excluding carboxylic acids is 3.